The molecule has 6 heteroatoms. The van der Waals surface area contributed by atoms with Crippen molar-refractivity contribution >= 4 is 29.1 Å². The molecule has 1 atom stereocenters. The number of nitrogens with zero attached hydrogens (tertiary/aromatic N) is 2. The van der Waals surface area contributed by atoms with Crippen molar-refractivity contribution in [3.63, 3.8) is 0 Å². The highest BCUT2D eigenvalue weighted by Gasteiger charge is 2.16. The van der Waals surface area contributed by atoms with Gasteiger partial charge in [0.1, 0.15) is 0 Å². The lowest BCUT2D eigenvalue weighted by Gasteiger charge is -2.15. The van der Waals surface area contributed by atoms with Crippen LogP contribution in [0.5, 0.6) is 0 Å². The highest BCUT2D eigenvalue weighted by atomic mass is 35.5. The molecular weight excluding hydrogens is 297 g/mol. The van der Waals surface area contributed by atoms with E-state index in [1.54, 1.807) is 0 Å². The lowest BCUT2D eigenvalue weighted by Crippen LogP contribution is -2.27. The van der Waals surface area contributed by atoms with Crippen molar-refractivity contribution in [1.82, 2.24) is 15.5 Å². The normalized spacial score (nSPS) is 12.0. The summed E-state index contributed by atoms with van der Waals surface area (Å²) in [5.74, 6) is -0.333. The molecule has 2 rings (SSSR count). The third-order valence-corrected chi connectivity index (χ3v) is 3.35. The molecule has 0 radical (unpaired) electrons. The first kappa shape index (κ1) is 14.8. The quantitative estimate of drug-likeness (QED) is 0.942. The Bertz CT molecular complexity index is 629. The van der Waals surface area contributed by atoms with Crippen molar-refractivity contribution in [2.75, 3.05) is 0 Å². The molecule has 1 aromatic carbocycles. The van der Waals surface area contributed by atoms with Gasteiger partial charge in [0, 0.05) is 0 Å². The molecule has 104 valence electrons. The Morgan fingerprint density at radius 3 is 2.50 bits per heavy atom. The van der Waals surface area contributed by atoms with Crippen LogP contribution in [0.2, 0.25) is 10.3 Å². The van der Waals surface area contributed by atoms with Crippen molar-refractivity contribution in [2.45, 2.75) is 19.9 Å². The molecule has 0 saturated heterocycles. The second-order valence-electron chi connectivity index (χ2n) is 4.48. The summed E-state index contributed by atoms with van der Waals surface area (Å²) >= 11 is 11.6. The standard InChI is InChI=1S/C14H13Cl2N3O/c1-8-3-5-10(6-4-8)9(2)17-14(20)11-7-12(15)18-19-13(11)16/h3-7,9H,1-2H3,(H,17,20). The Kier molecular flexibility index (Phi) is 4.57. The van der Waals surface area contributed by atoms with E-state index in [2.05, 4.69) is 15.5 Å². The Labute approximate surface area is 127 Å². The lowest BCUT2D eigenvalue weighted by molar-refractivity contribution is 0.0939. The maximum absolute atomic E-state index is 12.1. The van der Waals surface area contributed by atoms with Crippen LogP contribution in [-0.4, -0.2) is 16.1 Å². The van der Waals surface area contributed by atoms with Gasteiger partial charge in [0.25, 0.3) is 5.91 Å². The van der Waals surface area contributed by atoms with Gasteiger partial charge in [-0.25, -0.2) is 0 Å². The molecule has 0 spiro atoms. The number of carbonyl (C=O) groups is 1. The second-order valence-corrected chi connectivity index (χ2v) is 5.22. The molecule has 1 N–H and O–H groups in total. The summed E-state index contributed by atoms with van der Waals surface area (Å²) in [6.07, 6.45) is 0. The van der Waals surface area contributed by atoms with Gasteiger partial charge in [-0.1, -0.05) is 53.0 Å². The number of halogens is 2. The number of carbonyl (C=O) groups excluding carboxylic acids is 1. The van der Waals surface area contributed by atoms with Crippen molar-refractivity contribution in [3.05, 3.63) is 57.3 Å². The van der Waals surface area contributed by atoms with Crippen LogP contribution in [0.4, 0.5) is 0 Å². The number of rotatable bonds is 3. The van der Waals surface area contributed by atoms with Crippen molar-refractivity contribution in [2.24, 2.45) is 0 Å². The fourth-order valence-corrected chi connectivity index (χ4v) is 2.05. The van der Waals surface area contributed by atoms with Gasteiger partial charge < -0.3 is 5.32 Å². The Morgan fingerprint density at radius 2 is 1.85 bits per heavy atom. The number of nitrogens with one attached hydrogen (secondary N) is 1. The predicted molar refractivity (Wildman–Crippen MR) is 79.1 cm³/mol. The fourth-order valence-electron chi connectivity index (χ4n) is 1.73. The Balaban J connectivity index is 2.15. The summed E-state index contributed by atoms with van der Waals surface area (Å²) in [6.45, 7) is 3.91. The van der Waals surface area contributed by atoms with Crippen LogP contribution in [-0.2, 0) is 0 Å². The number of benzene rings is 1. The maximum atomic E-state index is 12.1. The average Bonchev–Trinajstić information content (AvgIpc) is 2.42. The van der Waals surface area contributed by atoms with Crippen LogP contribution in [0, 0.1) is 6.92 Å². The SMILES string of the molecule is Cc1ccc(C(C)NC(=O)c2cc(Cl)nnc2Cl)cc1. The summed E-state index contributed by atoms with van der Waals surface area (Å²) in [7, 11) is 0. The van der Waals surface area contributed by atoms with Crippen molar-refractivity contribution in [1.29, 1.82) is 0 Å². The largest absolute Gasteiger partial charge is 0.345 e. The van der Waals surface area contributed by atoms with E-state index >= 15 is 0 Å². The summed E-state index contributed by atoms with van der Waals surface area (Å²) in [4.78, 5) is 12.1. The Morgan fingerprint density at radius 1 is 1.20 bits per heavy atom. The summed E-state index contributed by atoms with van der Waals surface area (Å²) in [5.41, 5.74) is 2.39. The number of aryl methyl sites for hydroxylation is 1. The fraction of sp³-hybridized carbons (Fsp3) is 0.214. The van der Waals surface area contributed by atoms with Gasteiger partial charge in [0.05, 0.1) is 11.6 Å². The van der Waals surface area contributed by atoms with Gasteiger partial charge >= 0.3 is 0 Å². The minimum atomic E-state index is -0.333. The van der Waals surface area contributed by atoms with Crippen LogP contribution in [0.3, 0.4) is 0 Å². The third kappa shape index (κ3) is 3.46. The van der Waals surface area contributed by atoms with E-state index in [0.29, 0.717) is 0 Å². The summed E-state index contributed by atoms with van der Waals surface area (Å²) in [5, 5.41) is 10.2. The molecule has 1 aromatic heterocycles. The van der Waals surface area contributed by atoms with Crippen molar-refractivity contribution < 1.29 is 4.79 Å². The number of hydrogen-bond acceptors (Lipinski definition) is 3. The van der Waals surface area contributed by atoms with E-state index in [4.69, 9.17) is 23.2 Å². The van der Waals surface area contributed by atoms with Gasteiger partial charge in [0.15, 0.2) is 10.3 Å². The molecule has 1 amide bonds. The second kappa shape index (κ2) is 6.20. The average molecular weight is 310 g/mol. The van der Waals surface area contributed by atoms with Gasteiger partial charge in [-0.2, -0.15) is 0 Å². The van der Waals surface area contributed by atoms with E-state index in [0.717, 1.165) is 5.56 Å². The topological polar surface area (TPSA) is 54.9 Å². The zero-order chi connectivity index (χ0) is 14.7. The van der Waals surface area contributed by atoms with E-state index < -0.39 is 0 Å². The first-order valence-corrected chi connectivity index (χ1v) is 6.79. The molecule has 4 nitrogen and oxygen atoms in total. The first-order valence-electron chi connectivity index (χ1n) is 6.03. The number of amides is 1. The van der Waals surface area contributed by atoms with Crippen LogP contribution in [0.15, 0.2) is 30.3 Å². The van der Waals surface area contributed by atoms with E-state index in [-0.39, 0.29) is 27.8 Å². The molecule has 1 heterocycles. The monoisotopic (exact) mass is 309 g/mol. The molecule has 0 aliphatic carbocycles. The van der Waals surface area contributed by atoms with Crippen LogP contribution < -0.4 is 5.32 Å². The highest BCUT2D eigenvalue weighted by Crippen LogP contribution is 2.18. The van der Waals surface area contributed by atoms with Gasteiger partial charge in [-0.3, -0.25) is 4.79 Å². The summed E-state index contributed by atoms with van der Waals surface area (Å²) < 4.78 is 0. The molecular formula is C14H13Cl2N3O. The number of hydrogen-bond donors (Lipinski definition) is 1. The molecule has 1 unspecified atom stereocenters. The van der Waals surface area contributed by atoms with Gasteiger partial charge in [0.2, 0.25) is 0 Å². The zero-order valence-electron chi connectivity index (χ0n) is 11.0. The summed E-state index contributed by atoms with van der Waals surface area (Å²) in [6, 6.07) is 9.19. The zero-order valence-corrected chi connectivity index (χ0v) is 12.5. The highest BCUT2D eigenvalue weighted by molar-refractivity contribution is 6.34. The predicted octanol–water partition coefficient (Wildman–Crippen LogP) is 3.58. The molecule has 0 fully saturated rings. The first-order chi connectivity index (χ1) is 9.47. The third-order valence-electron chi connectivity index (χ3n) is 2.89. The minimum absolute atomic E-state index is 0.0306. The van der Waals surface area contributed by atoms with E-state index in [1.807, 2.05) is 38.1 Å². The number of aromatic nitrogens is 2. The van der Waals surface area contributed by atoms with Gasteiger partial charge in [-0.05, 0) is 25.5 Å². The molecule has 0 aliphatic rings. The van der Waals surface area contributed by atoms with Gasteiger partial charge in [-0.15, -0.1) is 10.2 Å². The molecule has 0 bridgehead atoms. The maximum Gasteiger partial charge on any atom is 0.255 e. The lowest BCUT2D eigenvalue weighted by atomic mass is 10.1. The molecule has 20 heavy (non-hydrogen) atoms. The molecule has 0 aliphatic heterocycles. The van der Waals surface area contributed by atoms with Crippen molar-refractivity contribution in [3.8, 4) is 0 Å². The molecule has 2 aromatic rings. The van der Waals surface area contributed by atoms with Crippen LogP contribution in [0.25, 0.3) is 0 Å². The smallest absolute Gasteiger partial charge is 0.255 e. The molecule has 0 saturated carbocycles. The van der Waals surface area contributed by atoms with Crippen LogP contribution in [0.1, 0.15) is 34.5 Å². The van der Waals surface area contributed by atoms with E-state index in [1.165, 1.54) is 11.6 Å². The minimum Gasteiger partial charge on any atom is -0.345 e. The Hall–Kier alpha value is -1.65. The van der Waals surface area contributed by atoms with E-state index in [9.17, 15) is 4.79 Å². The van der Waals surface area contributed by atoms with Crippen LogP contribution >= 0.6 is 23.2 Å².